The van der Waals surface area contributed by atoms with Crippen LogP contribution in [0.4, 0.5) is 0 Å². The van der Waals surface area contributed by atoms with Gasteiger partial charge in [-0.05, 0) is 36.8 Å². The second-order valence-electron chi connectivity index (χ2n) is 4.85. The summed E-state index contributed by atoms with van der Waals surface area (Å²) in [6.07, 6.45) is 0.588. The van der Waals surface area contributed by atoms with Crippen LogP contribution in [0, 0.1) is 6.92 Å². The zero-order valence-corrected chi connectivity index (χ0v) is 12.9. The van der Waals surface area contributed by atoms with E-state index in [4.69, 9.17) is 16.3 Å². The van der Waals surface area contributed by atoms with Crippen LogP contribution in [0.1, 0.15) is 16.1 Å². The number of aliphatic hydroxyl groups excluding tert-OH is 1. The van der Waals surface area contributed by atoms with Crippen LogP contribution in [0.15, 0.2) is 42.6 Å². The first-order chi connectivity index (χ1) is 10.5. The lowest BCUT2D eigenvalue weighted by Gasteiger charge is -2.13. The van der Waals surface area contributed by atoms with E-state index in [1.165, 1.54) is 12.3 Å². The van der Waals surface area contributed by atoms with E-state index in [1.807, 2.05) is 31.2 Å². The Labute approximate surface area is 133 Å². The number of pyridine rings is 1. The Morgan fingerprint density at radius 2 is 2.23 bits per heavy atom. The fraction of sp³-hybridized carbons (Fsp3) is 0.250. The van der Waals surface area contributed by atoms with Gasteiger partial charge in [-0.25, -0.2) is 4.98 Å². The van der Waals surface area contributed by atoms with Gasteiger partial charge in [-0.3, -0.25) is 4.79 Å². The molecule has 1 heterocycles. The average Bonchev–Trinajstić information content (AvgIpc) is 2.51. The van der Waals surface area contributed by atoms with E-state index in [2.05, 4.69) is 10.3 Å². The number of ether oxygens (including phenoxy) is 1. The minimum atomic E-state index is -0.809. The Bertz CT molecular complexity index is 632. The lowest BCUT2D eigenvalue weighted by molar-refractivity contribution is 0.0840. The van der Waals surface area contributed by atoms with Gasteiger partial charge in [0.1, 0.15) is 24.2 Å². The Hall–Kier alpha value is -2.11. The summed E-state index contributed by atoms with van der Waals surface area (Å²) in [6.45, 7) is 2.13. The molecule has 2 rings (SSSR count). The largest absolute Gasteiger partial charge is 0.491 e. The standard InChI is InChI=1S/C16H17ClN2O3/c1-11-3-2-4-14(7-11)22-10-13(20)9-19-16(21)15-6-5-12(17)8-18-15/h2-8,13,20H,9-10H2,1H3,(H,19,21). The normalized spacial score (nSPS) is 11.8. The molecular formula is C16H17ClN2O3. The third kappa shape index (κ3) is 5.02. The minimum absolute atomic E-state index is 0.0783. The van der Waals surface area contributed by atoms with Crippen molar-refractivity contribution in [3.8, 4) is 5.75 Å². The van der Waals surface area contributed by atoms with Crippen LogP contribution in [0.5, 0.6) is 5.75 Å². The predicted octanol–water partition coefficient (Wildman–Crippen LogP) is 2.21. The van der Waals surface area contributed by atoms with Gasteiger partial charge in [0, 0.05) is 12.7 Å². The van der Waals surface area contributed by atoms with Gasteiger partial charge >= 0.3 is 0 Å². The summed E-state index contributed by atoms with van der Waals surface area (Å²) in [4.78, 5) is 15.7. The highest BCUT2D eigenvalue weighted by Gasteiger charge is 2.10. The second kappa shape index (κ2) is 7.77. The fourth-order valence-corrected chi connectivity index (χ4v) is 1.88. The van der Waals surface area contributed by atoms with E-state index in [-0.39, 0.29) is 24.8 Å². The number of benzene rings is 1. The average molecular weight is 321 g/mol. The monoisotopic (exact) mass is 320 g/mol. The zero-order chi connectivity index (χ0) is 15.9. The van der Waals surface area contributed by atoms with Crippen LogP contribution >= 0.6 is 11.6 Å². The number of aryl methyl sites for hydroxylation is 1. The molecule has 0 radical (unpaired) electrons. The molecule has 1 amide bonds. The number of nitrogens with one attached hydrogen (secondary N) is 1. The highest BCUT2D eigenvalue weighted by Crippen LogP contribution is 2.12. The number of halogens is 1. The quantitative estimate of drug-likeness (QED) is 0.856. The molecule has 1 atom stereocenters. The minimum Gasteiger partial charge on any atom is -0.491 e. The third-order valence-electron chi connectivity index (χ3n) is 2.89. The first-order valence-corrected chi connectivity index (χ1v) is 7.19. The summed E-state index contributed by atoms with van der Waals surface area (Å²) in [5.41, 5.74) is 1.32. The molecule has 0 spiro atoms. The van der Waals surface area contributed by atoms with Crippen molar-refractivity contribution in [1.82, 2.24) is 10.3 Å². The van der Waals surface area contributed by atoms with Crippen molar-refractivity contribution < 1.29 is 14.6 Å². The van der Waals surface area contributed by atoms with Crippen LogP contribution in [-0.4, -0.2) is 35.3 Å². The molecule has 22 heavy (non-hydrogen) atoms. The molecule has 116 valence electrons. The molecule has 0 fully saturated rings. The maximum atomic E-state index is 11.8. The van der Waals surface area contributed by atoms with Crippen molar-refractivity contribution in [2.24, 2.45) is 0 Å². The van der Waals surface area contributed by atoms with Crippen molar-refractivity contribution >= 4 is 17.5 Å². The molecule has 0 bridgehead atoms. The molecule has 1 unspecified atom stereocenters. The van der Waals surface area contributed by atoms with Crippen LogP contribution in [0.2, 0.25) is 5.02 Å². The maximum absolute atomic E-state index is 11.8. The van der Waals surface area contributed by atoms with E-state index in [9.17, 15) is 9.90 Å². The summed E-state index contributed by atoms with van der Waals surface area (Å²) in [5, 5.41) is 12.9. The number of carbonyl (C=O) groups is 1. The number of carbonyl (C=O) groups excluding carboxylic acids is 1. The molecule has 0 aliphatic heterocycles. The Morgan fingerprint density at radius 1 is 1.41 bits per heavy atom. The molecule has 0 saturated heterocycles. The molecule has 1 aromatic heterocycles. The van der Waals surface area contributed by atoms with Gasteiger partial charge in [-0.2, -0.15) is 0 Å². The Kier molecular flexibility index (Phi) is 5.75. The van der Waals surface area contributed by atoms with E-state index in [0.717, 1.165) is 5.56 Å². The summed E-state index contributed by atoms with van der Waals surface area (Å²) in [5.74, 6) is 0.316. The topological polar surface area (TPSA) is 71.5 Å². The molecule has 1 aromatic carbocycles. The first-order valence-electron chi connectivity index (χ1n) is 6.82. The summed E-state index contributed by atoms with van der Waals surface area (Å²) in [7, 11) is 0. The van der Waals surface area contributed by atoms with Crippen molar-refractivity contribution in [2.75, 3.05) is 13.2 Å². The van der Waals surface area contributed by atoms with E-state index in [1.54, 1.807) is 6.07 Å². The number of aromatic nitrogens is 1. The van der Waals surface area contributed by atoms with Gasteiger partial charge < -0.3 is 15.2 Å². The number of nitrogens with zero attached hydrogens (tertiary/aromatic N) is 1. The van der Waals surface area contributed by atoms with Crippen molar-refractivity contribution in [2.45, 2.75) is 13.0 Å². The lowest BCUT2D eigenvalue weighted by atomic mass is 10.2. The maximum Gasteiger partial charge on any atom is 0.269 e. The number of aliphatic hydroxyl groups is 1. The molecule has 2 aromatic rings. The van der Waals surface area contributed by atoms with Gasteiger partial charge in [-0.15, -0.1) is 0 Å². The summed E-state index contributed by atoms with van der Waals surface area (Å²) >= 11 is 5.70. The fourth-order valence-electron chi connectivity index (χ4n) is 1.77. The van der Waals surface area contributed by atoms with Crippen molar-refractivity contribution in [1.29, 1.82) is 0 Å². The third-order valence-corrected chi connectivity index (χ3v) is 3.11. The van der Waals surface area contributed by atoms with Crippen molar-refractivity contribution in [3.63, 3.8) is 0 Å². The van der Waals surface area contributed by atoms with Crippen molar-refractivity contribution in [3.05, 3.63) is 58.9 Å². The molecule has 6 heteroatoms. The van der Waals surface area contributed by atoms with Crippen LogP contribution in [0.3, 0.4) is 0 Å². The highest BCUT2D eigenvalue weighted by molar-refractivity contribution is 6.30. The second-order valence-corrected chi connectivity index (χ2v) is 5.29. The number of hydrogen-bond donors (Lipinski definition) is 2. The van der Waals surface area contributed by atoms with E-state index >= 15 is 0 Å². The van der Waals surface area contributed by atoms with Gasteiger partial charge in [0.25, 0.3) is 5.91 Å². The summed E-state index contributed by atoms with van der Waals surface area (Å²) < 4.78 is 5.47. The first kappa shape index (κ1) is 16.3. The number of hydrogen-bond acceptors (Lipinski definition) is 4. The van der Waals surface area contributed by atoms with E-state index in [0.29, 0.717) is 10.8 Å². The Balaban J connectivity index is 1.76. The van der Waals surface area contributed by atoms with Crippen LogP contribution in [0.25, 0.3) is 0 Å². The molecule has 2 N–H and O–H groups in total. The van der Waals surface area contributed by atoms with Crippen LogP contribution in [-0.2, 0) is 0 Å². The molecule has 5 nitrogen and oxygen atoms in total. The molecule has 0 aliphatic carbocycles. The SMILES string of the molecule is Cc1cccc(OCC(O)CNC(=O)c2ccc(Cl)cn2)c1. The lowest BCUT2D eigenvalue weighted by Crippen LogP contribution is -2.35. The van der Waals surface area contributed by atoms with Crippen LogP contribution < -0.4 is 10.1 Å². The number of amides is 1. The van der Waals surface area contributed by atoms with Gasteiger partial charge in [-0.1, -0.05) is 23.7 Å². The predicted molar refractivity (Wildman–Crippen MR) is 84.3 cm³/mol. The van der Waals surface area contributed by atoms with E-state index < -0.39 is 6.10 Å². The number of rotatable bonds is 6. The van der Waals surface area contributed by atoms with Gasteiger partial charge in [0.15, 0.2) is 0 Å². The summed E-state index contributed by atoms with van der Waals surface area (Å²) in [6, 6.07) is 10.6. The molecule has 0 aliphatic rings. The van der Waals surface area contributed by atoms with Gasteiger partial charge in [0.2, 0.25) is 0 Å². The van der Waals surface area contributed by atoms with Gasteiger partial charge in [0.05, 0.1) is 5.02 Å². The Morgan fingerprint density at radius 3 is 2.91 bits per heavy atom. The molecule has 0 saturated carbocycles. The highest BCUT2D eigenvalue weighted by atomic mass is 35.5. The zero-order valence-electron chi connectivity index (χ0n) is 12.1. The smallest absolute Gasteiger partial charge is 0.269 e. The molecular weight excluding hydrogens is 304 g/mol.